The predicted molar refractivity (Wildman–Crippen MR) is 107 cm³/mol. The maximum Gasteiger partial charge on any atom is 0.349 e. The molecule has 1 aromatic heterocycles. The van der Waals surface area contributed by atoms with Crippen LogP contribution >= 0.6 is 23.8 Å². The van der Waals surface area contributed by atoms with Gasteiger partial charge in [-0.05, 0) is 38.2 Å². The van der Waals surface area contributed by atoms with Crippen molar-refractivity contribution < 1.29 is 18.8 Å². The summed E-state index contributed by atoms with van der Waals surface area (Å²) in [4.78, 5) is 41.5. The van der Waals surface area contributed by atoms with Crippen LogP contribution in [0.5, 0.6) is 0 Å². The van der Waals surface area contributed by atoms with Gasteiger partial charge in [-0.2, -0.15) is 0 Å². The Morgan fingerprint density at radius 3 is 2.45 bits per heavy atom. The van der Waals surface area contributed by atoms with E-state index < -0.39 is 29.3 Å². The number of hydrogen-bond donors (Lipinski definition) is 0. The first kappa shape index (κ1) is 22.5. The first-order valence-electron chi connectivity index (χ1n) is 8.34. The summed E-state index contributed by atoms with van der Waals surface area (Å²) in [5, 5.41) is 3.59. The van der Waals surface area contributed by atoms with Gasteiger partial charge in [0.2, 0.25) is 6.10 Å². The van der Waals surface area contributed by atoms with E-state index >= 15 is 0 Å². The molecule has 0 fully saturated rings. The van der Waals surface area contributed by atoms with Gasteiger partial charge in [-0.15, -0.1) is 0 Å². The highest BCUT2D eigenvalue weighted by atomic mass is 35.5. The van der Waals surface area contributed by atoms with E-state index in [1.165, 1.54) is 21.0 Å². The normalized spacial score (nSPS) is 12.2. The zero-order valence-electron chi connectivity index (χ0n) is 16.0. The Morgan fingerprint density at radius 1 is 1.31 bits per heavy atom. The molecule has 156 valence electrons. The molecule has 1 unspecified atom stereocenters. The number of aromatic nitrogens is 3. The van der Waals surface area contributed by atoms with E-state index in [0.717, 1.165) is 27.5 Å². The Hall–Kier alpha value is -2.79. The first-order chi connectivity index (χ1) is 13.6. The van der Waals surface area contributed by atoms with Crippen molar-refractivity contribution in [1.29, 1.82) is 0 Å². The minimum atomic E-state index is -0.974. The number of halogens is 2. The van der Waals surface area contributed by atoms with E-state index in [0.29, 0.717) is 4.57 Å². The molecule has 29 heavy (non-hydrogen) atoms. The minimum absolute atomic E-state index is 0.0197. The van der Waals surface area contributed by atoms with Gasteiger partial charge >= 0.3 is 17.3 Å². The van der Waals surface area contributed by atoms with Crippen molar-refractivity contribution in [2.24, 2.45) is 19.3 Å². The van der Waals surface area contributed by atoms with Crippen LogP contribution in [0.2, 0.25) is 5.02 Å². The third-order valence-electron chi connectivity index (χ3n) is 3.87. The van der Waals surface area contributed by atoms with Crippen LogP contribution in [0.25, 0.3) is 5.69 Å². The minimum Gasteiger partial charge on any atom is -0.463 e. The van der Waals surface area contributed by atoms with Gasteiger partial charge in [0.15, 0.2) is 4.77 Å². The monoisotopic (exact) mass is 444 g/mol. The van der Waals surface area contributed by atoms with Crippen LogP contribution in [0.3, 0.4) is 0 Å². The van der Waals surface area contributed by atoms with Gasteiger partial charge in [0.05, 0.1) is 23.5 Å². The fraction of sp³-hybridized carbons (Fsp3) is 0.353. The quantitative estimate of drug-likeness (QED) is 0.291. The van der Waals surface area contributed by atoms with Gasteiger partial charge in [0.1, 0.15) is 5.82 Å². The Morgan fingerprint density at radius 2 is 1.90 bits per heavy atom. The SMILES string of the molecule is CCOC(=O)C(C)O/N=C/c1cc(-n2c(=O)n(C)c(=S)n(C)c2=O)c(F)cc1Cl. The highest BCUT2D eigenvalue weighted by Gasteiger charge is 2.17. The number of carbonyl (C=O) groups is 1. The fourth-order valence-electron chi connectivity index (χ4n) is 2.28. The summed E-state index contributed by atoms with van der Waals surface area (Å²) in [6.45, 7) is 3.28. The smallest absolute Gasteiger partial charge is 0.349 e. The van der Waals surface area contributed by atoms with Crippen molar-refractivity contribution in [3.8, 4) is 5.69 Å². The number of benzene rings is 1. The van der Waals surface area contributed by atoms with Crippen molar-refractivity contribution in [3.05, 3.63) is 54.3 Å². The average Bonchev–Trinajstić information content (AvgIpc) is 2.67. The lowest BCUT2D eigenvalue weighted by atomic mass is 10.2. The number of carbonyl (C=O) groups excluding carboxylic acids is 1. The molecule has 0 N–H and O–H groups in total. The summed E-state index contributed by atoms with van der Waals surface area (Å²) in [5.74, 6) is -1.51. The molecule has 0 bridgehead atoms. The molecule has 0 amide bonds. The predicted octanol–water partition coefficient (Wildman–Crippen LogP) is 1.70. The van der Waals surface area contributed by atoms with Crippen LogP contribution < -0.4 is 11.4 Å². The molecule has 2 aromatic rings. The van der Waals surface area contributed by atoms with E-state index in [2.05, 4.69) is 5.16 Å². The molecule has 12 heteroatoms. The highest BCUT2D eigenvalue weighted by molar-refractivity contribution is 7.71. The largest absolute Gasteiger partial charge is 0.463 e. The summed E-state index contributed by atoms with van der Waals surface area (Å²) >= 11 is 11.0. The van der Waals surface area contributed by atoms with Gasteiger partial charge in [-0.1, -0.05) is 16.8 Å². The highest BCUT2D eigenvalue weighted by Crippen LogP contribution is 2.21. The number of oxime groups is 1. The van der Waals surface area contributed by atoms with Gasteiger partial charge in [-0.25, -0.2) is 23.3 Å². The molecule has 0 radical (unpaired) electrons. The summed E-state index contributed by atoms with van der Waals surface area (Å²) in [6.07, 6.45) is 0.149. The van der Waals surface area contributed by atoms with E-state index in [9.17, 15) is 18.8 Å². The number of esters is 1. The third-order valence-corrected chi connectivity index (χ3v) is 4.74. The number of rotatable bonds is 6. The molecule has 1 atom stereocenters. The summed E-state index contributed by atoms with van der Waals surface area (Å²) < 4.78 is 22.0. The standard InChI is InChI=1S/C17H18ClFN4O5S/c1-5-27-14(24)9(2)28-20-8-10-6-13(12(19)7-11(10)18)23-15(25)21(3)17(29)22(4)16(23)26/h6-9H,5H2,1-4H3/b20-8+. The Kier molecular flexibility index (Phi) is 7.09. The van der Waals surface area contributed by atoms with Crippen LogP contribution in [-0.2, 0) is 28.5 Å². The zero-order chi connectivity index (χ0) is 21.9. The van der Waals surface area contributed by atoms with Crippen molar-refractivity contribution in [3.63, 3.8) is 0 Å². The average molecular weight is 445 g/mol. The molecule has 1 aromatic carbocycles. The lowest BCUT2D eigenvalue weighted by Crippen LogP contribution is -2.43. The van der Waals surface area contributed by atoms with E-state index in [1.54, 1.807) is 6.92 Å². The van der Waals surface area contributed by atoms with E-state index in [4.69, 9.17) is 33.4 Å². The molecule has 0 aliphatic rings. The molecule has 0 spiro atoms. The lowest BCUT2D eigenvalue weighted by molar-refractivity contribution is -0.155. The second kappa shape index (κ2) is 9.14. The van der Waals surface area contributed by atoms with Crippen molar-refractivity contribution in [2.45, 2.75) is 20.0 Å². The zero-order valence-corrected chi connectivity index (χ0v) is 17.6. The number of nitrogens with zero attached hydrogens (tertiary/aromatic N) is 4. The first-order valence-corrected chi connectivity index (χ1v) is 9.13. The molecule has 0 aliphatic heterocycles. The molecule has 2 rings (SSSR count). The summed E-state index contributed by atoms with van der Waals surface area (Å²) in [7, 11) is 2.73. The van der Waals surface area contributed by atoms with Crippen LogP contribution in [0.15, 0.2) is 26.9 Å². The van der Waals surface area contributed by atoms with Crippen LogP contribution in [0, 0.1) is 10.6 Å². The lowest BCUT2D eigenvalue weighted by Gasteiger charge is -2.12. The molecule has 9 nitrogen and oxygen atoms in total. The van der Waals surface area contributed by atoms with E-state index in [-0.39, 0.29) is 27.7 Å². The maximum absolute atomic E-state index is 14.5. The van der Waals surface area contributed by atoms with Crippen LogP contribution in [0.4, 0.5) is 4.39 Å². The fourth-order valence-corrected chi connectivity index (χ4v) is 2.64. The second-order valence-corrected chi connectivity index (χ2v) is 6.63. The molecule has 0 saturated carbocycles. The molecule has 1 heterocycles. The van der Waals surface area contributed by atoms with E-state index in [1.807, 2.05) is 0 Å². The van der Waals surface area contributed by atoms with Gasteiger partial charge in [-0.3, -0.25) is 9.13 Å². The third kappa shape index (κ3) is 4.62. The van der Waals surface area contributed by atoms with Gasteiger partial charge in [0, 0.05) is 19.7 Å². The topological polar surface area (TPSA) is 96.8 Å². The maximum atomic E-state index is 14.5. The van der Waals surface area contributed by atoms with Gasteiger partial charge < -0.3 is 9.57 Å². The van der Waals surface area contributed by atoms with Crippen LogP contribution in [-0.4, -0.2) is 38.6 Å². The Bertz CT molecular complexity index is 1110. The second-order valence-electron chi connectivity index (χ2n) is 5.86. The van der Waals surface area contributed by atoms with Gasteiger partial charge in [0.25, 0.3) is 0 Å². The number of hydrogen-bond acceptors (Lipinski definition) is 7. The molecular formula is C17H18ClFN4O5S. The van der Waals surface area contributed by atoms with Crippen LogP contribution in [0.1, 0.15) is 19.4 Å². The van der Waals surface area contributed by atoms with Crippen molar-refractivity contribution in [2.75, 3.05) is 6.61 Å². The van der Waals surface area contributed by atoms with Crippen molar-refractivity contribution >= 4 is 36.0 Å². The molecule has 0 aliphatic carbocycles. The number of ether oxygens (including phenoxy) is 1. The summed E-state index contributed by atoms with van der Waals surface area (Å²) in [5.41, 5.74) is -1.84. The Balaban J connectivity index is 2.50. The molecular weight excluding hydrogens is 427 g/mol. The van der Waals surface area contributed by atoms with Crippen molar-refractivity contribution in [1.82, 2.24) is 13.7 Å². The summed E-state index contributed by atoms with van der Waals surface area (Å²) in [6, 6.07) is 2.09. The molecule has 0 saturated heterocycles. The Labute approximate surface area is 174 Å².